The Morgan fingerprint density at radius 2 is 1.73 bits per heavy atom. The maximum absolute atomic E-state index is 14.2. The van der Waals surface area contributed by atoms with E-state index in [2.05, 4.69) is 16.7 Å². The summed E-state index contributed by atoms with van der Waals surface area (Å²) in [4.78, 5) is 0. The molecule has 0 spiro atoms. The third-order valence-corrected chi connectivity index (χ3v) is 5.26. The molecule has 2 N–H and O–H groups in total. The van der Waals surface area contributed by atoms with Crippen LogP contribution in [-0.2, 0) is 0 Å². The van der Waals surface area contributed by atoms with Gasteiger partial charge in [-0.25, -0.2) is 4.39 Å². The van der Waals surface area contributed by atoms with Gasteiger partial charge in [-0.1, -0.05) is 18.2 Å². The summed E-state index contributed by atoms with van der Waals surface area (Å²) in [5.74, 6) is 1.22. The average Bonchev–Trinajstić information content (AvgIpc) is 3.56. The van der Waals surface area contributed by atoms with Gasteiger partial charge in [-0.3, -0.25) is 0 Å². The van der Waals surface area contributed by atoms with Crippen molar-refractivity contribution in [3.63, 3.8) is 0 Å². The highest BCUT2D eigenvalue weighted by Gasteiger charge is 2.24. The van der Waals surface area contributed by atoms with Crippen LogP contribution in [0, 0.1) is 29.0 Å². The Labute approximate surface area is 154 Å². The molecule has 0 radical (unpaired) electrons. The van der Waals surface area contributed by atoms with Crippen molar-refractivity contribution in [2.45, 2.75) is 31.7 Å². The molecule has 2 aromatic rings. The highest BCUT2D eigenvalue weighted by Crippen LogP contribution is 2.32. The maximum atomic E-state index is 14.2. The van der Waals surface area contributed by atoms with Crippen LogP contribution in [-0.4, -0.2) is 13.1 Å². The zero-order valence-corrected chi connectivity index (χ0v) is 14.8. The van der Waals surface area contributed by atoms with Gasteiger partial charge >= 0.3 is 0 Å². The second-order valence-corrected chi connectivity index (χ2v) is 7.59. The van der Waals surface area contributed by atoms with E-state index in [9.17, 15) is 9.65 Å². The van der Waals surface area contributed by atoms with E-state index in [1.807, 2.05) is 36.4 Å². The monoisotopic (exact) mass is 349 g/mol. The Balaban J connectivity index is 1.61. The van der Waals surface area contributed by atoms with E-state index >= 15 is 0 Å². The first-order valence-electron chi connectivity index (χ1n) is 9.49. The van der Waals surface area contributed by atoms with Crippen molar-refractivity contribution < 1.29 is 4.39 Å². The normalized spacial score (nSPS) is 17.5. The van der Waals surface area contributed by atoms with Crippen molar-refractivity contribution in [1.29, 1.82) is 5.26 Å². The molecule has 2 saturated carbocycles. The Hall–Kier alpha value is -2.38. The molecule has 4 heteroatoms. The van der Waals surface area contributed by atoms with Crippen molar-refractivity contribution >= 4 is 5.69 Å². The van der Waals surface area contributed by atoms with Gasteiger partial charge < -0.3 is 10.6 Å². The molecule has 2 fully saturated rings. The van der Waals surface area contributed by atoms with Crippen LogP contribution in [0.2, 0.25) is 0 Å². The molecule has 0 amide bonds. The highest BCUT2D eigenvalue weighted by atomic mass is 19.1. The number of hydrogen-bond acceptors (Lipinski definition) is 3. The summed E-state index contributed by atoms with van der Waals surface area (Å²) in [5, 5.41) is 16.1. The smallest absolute Gasteiger partial charge is 0.146 e. The van der Waals surface area contributed by atoms with Crippen molar-refractivity contribution in [2.75, 3.05) is 18.4 Å². The third kappa shape index (κ3) is 4.23. The minimum Gasteiger partial charge on any atom is -0.382 e. The Morgan fingerprint density at radius 3 is 2.46 bits per heavy atom. The van der Waals surface area contributed by atoms with Crippen LogP contribution in [0.15, 0.2) is 42.5 Å². The molecule has 0 aromatic heterocycles. The van der Waals surface area contributed by atoms with Crippen molar-refractivity contribution in [3.05, 3.63) is 65.0 Å². The van der Waals surface area contributed by atoms with Crippen molar-refractivity contribution in [2.24, 2.45) is 11.8 Å². The van der Waals surface area contributed by atoms with Crippen LogP contribution in [0.4, 0.5) is 10.1 Å². The first-order valence-corrected chi connectivity index (χ1v) is 9.49. The van der Waals surface area contributed by atoms with Gasteiger partial charge in [0, 0.05) is 6.54 Å². The fourth-order valence-corrected chi connectivity index (χ4v) is 3.26. The van der Waals surface area contributed by atoms with Gasteiger partial charge in [0.15, 0.2) is 0 Å². The summed E-state index contributed by atoms with van der Waals surface area (Å²) in [6, 6.07) is 15.2. The quantitative estimate of drug-likeness (QED) is 0.732. The molecule has 2 aromatic carbocycles. The van der Waals surface area contributed by atoms with E-state index in [0.29, 0.717) is 17.2 Å². The summed E-state index contributed by atoms with van der Waals surface area (Å²) in [7, 11) is 0. The van der Waals surface area contributed by atoms with E-state index in [-0.39, 0.29) is 11.9 Å². The fraction of sp³-hybridized carbons (Fsp3) is 0.409. The lowest BCUT2D eigenvalue weighted by Gasteiger charge is -2.21. The number of anilines is 1. The first kappa shape index (κ1) is 17.1. The molecule has 0 bridgehead atoms. The highest BCUT2D eigenvalue weighted by molar-refractivity contribution is 5.50. The lowest BCUT2D eigenvalue weighted by atomic mass is 9.96. The lowest BCUT2D eigenvalue weighted by molar-refractivity contribution is 0.571. The van der Waals surface area contributed by atoms with Crippen LogP contribution in [0.3, 0.4) is 0 Å². The molecule has 2 aliphatic rings. The minimum absolute atomic E-state index is 0.0361. The van der Waals surface area contributed by atoms with Gasteiger partial charge in [0.05, 0.1) is 23.4 Å². The third-order valence-electron chi connectivity index (χ3n) is 5.26. The SMILES string of the molecule is N#Cc1cccc([C@@H](NCC2CC2)c2ccc(F)c(NCC3CC3)c2)c1. The maximum Gasteiger partial charge on any atom is 0.146 e. The number of nitriles is 1. The van der Waals surface area contributed by atoms with E-state index in [0.717, 1.165) is 30.1 Å². The van der Waals surface area contributed by atoms with E-state index in [1.165, 1.54) is 25.7 Å². The average molecular weight is 349 g/mol. The number of nitrogens with zero attached hydrogens (tertiary/aromatic N) is 1. The van der Waals surface area contributed by atoms with Gasteiger partial charge in [-0.15, -0.1) is 0 Å². The largest absolute Gasteiger partial charge is 0.382 e. The molecule has 1 atom stereocenters. The number of benzene rings is 2. The van der Waals surface area contributed by atoms with Gasteiger partial charge in [-0.05, 0) is 79.5 Å². The zero-order valence-electron chi connectivity index (χ0n) is 14.8. The fourth-order valence-electron chi connectivity index (χ4n) is 3.26. The second kappa shape index (κ2) is 7.47. The van der Waals surface area contributed by atoms with Crippen LogP contribution in [0.5, 0.6) is 0 Å². The predicted octanol–water partition coefficient (Wildman–Crippen LogP) is 4.61. The molecule has 0 heterocycles. The van der Waals surface area contributed by atoms with Crippen molar-refractivity contribution in [3.8, 4) is 6.07 Å². The van der Waals surface area contributed by atoms with Crippen LogP contribution >= 0.6 is 0 Å². The van der Waals surface area contributed by atoms with Gasteiger partial charge in [0.1, 0.15) is 5.82 Å². The standard InChI is InChI=1S/C22H24FN3/c23-20-9-8-19(11-21(20)25-13-15-4-5-15)22(26-14-16-6-7-16)18-3-1-2-17(10-18)12-24/h1-3,8-11,15-16,22,25-26H,4-7,13-14H2/t22-/m1/s1. The molecule has 0 saturated heterocycles. The first-order chi connectivity index (χ1) is 12.7. The van der Waals surface area contributed by atoms with E-state index in [1.54, 1.807) is 6.07 Å². The van der Waals surface area contributed by atoms with Crippen LogP contribution in [0.25, 0.3) is 0 Å². The number of halogens is 1. The molecular weight excluding hydrogens is 325 g/mol. The summed E-state index contributed by atoms with van der Waals surface area (Å²) >= 11 is 0. The molecule has 0 unspecified atom stereocenters. The zero-order chi connectivity index (χ0) is 17.9. The molecule has 0 aliphatic heterocycles. The Morgan fingerprint density at radius 1 is 1.00 bits per heavy atom. The van der Waals surface area contributed by atoms with Crippen LogP contribution in [0.1, 0.15) is 48.4 Å². The van der Waals surface area contributed by atoms with Crippen LogP contribution < -0.4 is 10.6 Å². The summed E-state index contributed by atoms with van der Waals surface area (Å²) in [5.41, 5.74) is 3.30. The van der Waals surface area contributed by atoms with Gasteiger partial charge in [0.25, 0.3) is 0 Å². The Kier molecular flexibility index (Phi) is 4.90. The van der Waals surface area contributed by atoms with Gasteiger partial charge in [0.2, 0.25) is 0 Å². The summed E-state index contributed by atoms with van der Waals surface area (Å²) in [6.07, 6.45) is 5.02. The lowest BCUT2D eigenvalue weighted by Crippen LogP contribution is -2.25. The molecule has 4 rings (SSSR count). The summed E-state index contributed by atoms with van der Waals surface area (Å²) < 4.78 is 14.2. The second-order valence-electron chi connectivity index (χ2n) is 7.59. The van der Waals surface area contributed by atoms with E-state index in [4.69, 9.17) is 0 Å². The number of rotatable bonds is 8. The molecule has 2 aliphatic carbocycles. The molecule has 26 heavy (non-hydrogen) atoms. The molecule has 3 nitrogen and oxygen atoms in total. The van der Waals surface area contributed by atoms with E-state index < -0.39 is 0 Å². The molecular formula is C22H24FN3. The topological polar surface area (TPSA) is 47.9 Å². The number of nitrogens with one attached hydrogen (secondary N) is 2. The predicted molar refractivity (Wildman–Crippen MR) is 101 cm³/mol. The summed E-state index contributed by atoms with van der Waals surface area (Å²) in [6.45, 7) is 1.79. The van der Waals surface area contributed by atoms with Gasteiger partial charge in [-0.2, -0.15) is 5.26 Å². The minimum atomic E-state index is -0.207. The number of hydrogen-bond donors (Lipinski definition) is 2. The van der Waals surface area contributed by atoms with Crippen molar-refractivity contribution in [1.82, 2.24) is 5.32 Å². The Bertz CT molecular complexity index is 818. The molecule has 134 valence electrons.